The molecular weight excluding hydrogens is 293 g/mol. The Morgan fingerprint density at radius 2 is 1.95 bits per heavy atom. The van der Waals surface area contributed by atoms with Crippen molar-refractivity contribution in [2.45, 2.75) is 13.0 Å². The van der Waals surface area contributed by atoms with E-state index < -0.39 is 0 Å². The number of halogens is 2. The van der Waals surface area contributed by atoms with Gasteiger partial charge in [0.05, 0.1) is 7.11 Å². The first kappa shape index (κ1) is 15.6. The van der Waals surface area contributed by atoms with Gasteiger partial charge in [0.25, 0.3) is 0 Å². The van der Waals surface area contributed by atoms with Crippen LogP contribution in [-0.2, 0) is 13.0 Å². The summed E-state index contributed by atoms with van der Waals surface area (Å²) in [6.07, 6.45) is 0.670. The summed E-state index contributed by atoms with van der Waals surface area (Å²) in [4.78, 5) is 0. The summed E-state index contributed by atoms with van der Waals surface area (Å²) in [5.74, 6) is 1.10. The van der Waals surface area contributed by atoms with Gasteiger partial charge in [0.1, 0.15) is 23.9 Å². The second kappa shape index (κ2) is 7.29. The molecule has 0 saturated carbocycles. The Kier molecular flexibility index (Phi) is 5.42. The Labute approximate surface area is 128 Å². The van der Waals surface area contributed by atoms with E-state index in [1.807, 2.05) is 18.2 Å². The third-order valence-corrected chi connectivity index (χ3v) is 3.44. The lowest BCUT2D eigenvalue weighted by Gasteiger charge is -2.13. The van der Waals surface area contributed by atoms with E-state index in [1.165, 1.54) is 18.2 Å². The van der Waals surface area contributed by atoms with Crippen LogP contribution in [-0.4, -0.2) is 13.7 Å². The van der Waals surface area contributed by atoms with Gasteiger partial charge in [-0.25, -0.2) is 4.39 Å². The molecule has 0 amide bonds. The van der Waals surface area contributed by atoms with E-state index in [1.54, 1.807) is 7.11 Å². The molecule has 112 valence electrons. The van der Waals surface area contributed by atoms with Crippen LogP contribution in [0.25, 0.3) is 0 Å². The zero-order valence-corrected chi connectivity index (χ0v) is 12.5. The van der Waals surface area contributed by atoms with Gasteiger partial charge in [0.15, 0.2) is 0 Å². The van der Waals surface area contributed by atoms with Crippen molar-refractivity contribution in [3.8, 4) is 11.5 Å². The van der Waals surface area contributed by atoms with Gasteiger partial charge in [0, 0.05) is 10.6 Å². The van der Waals surface area contributed by atoms with Gasteiger partial charge in [-0.3, -0.25) is 0 Å². The number of hydrogen-bond donors (Lipinski definition) is 1. The van der Waals surface area contributed by atoms with Gasteiger partial charge >= 0.3 is 0 Å². The van der Waals surface area contributed by atoms with Crippen LogP contribution >= 0.6 is 11.6 Å². The quantitative estimate of drug-likeness (QED) is 0.887. The van der Waals surface area contributed by atoms with E-state index in [0.717, 1.165) is 11.3 Å². The highest BCUT2D eigenvalue weighted by atomic mass is 35.5. The standard InChI is InChI=1S/C16H17ClFNO2/c1-20-14-3-5-16(11(9-14)6-7-19)21-10-12-8-13(18)2-4-15(12)17/h2-5,8-9H,6-7,10,19H2,1H3. The van der Waals surface area contributed by atoms with E-state index in [4.69, 9.17) is 26.8 Å². The molecule has 0 fully saturated rings. The lowest BCUT2D eigenvalue weighted by Crippen LogP contribution is -2.06. The molecule has 0 bridgehead atoms. The normalized spacial score (nSPS) is 10.5. The van der Waals surface area contributed by atoms with Crippen LogP contribution in [0, 0.1) is 5.82 Å². The lowest BCUT2D eigenvalue weighted by molar-refractivity contribution is 0.301. The average Bonchev–Trinajstić information content (AvgIpc) is 2.49. The van der Waals surface area contributed by atoms with Crippen LogP contribution in [0.1, 0.15) is 11.1 Å². The third-order valence-electron chi connectivity index (χ3n) is 3.07. The number of ether oxygens (including phenoxy) is 2. The molecule has 0 radical (unpaired) electrons. The summed E-state index contributed by atoms with van der Waals surface area (Å²) in [5.41, 5.74) is 7.16. The van der Waals surface area contributed by atoms with E-state index >= 15 is 0 Å². The van der Waals surface area contributed by atoms with E-state index in [0.29, 0.717) is 29.3 Å². The zero-order valence-electron chi connectivity index (χ0n) is 11.7. The average molecular weight is 310 g/mol. The Balaban J connectivity index is 2.17. The number of nitrogens with two attached hydrogens (primary N) is 1. The first-order valence-corrected chi connectivity index (χ1v) is 6.95. The summed E-state index contributed by atoms with van der Waals surface area (Å²) in [6.45, 7) is 0.699. The maximum Gasteiger partial charge on any atom is 0.123 e. The molecule has 0 aliphatic rings. The molecule has 0 aromatic heterocycles. The highest BCUT2D eigenvalue weighted by Gasteiger charge is 2.08. The second-order valence-corrected chi connectivity index (χ2v) is 4.94. The predicted octanol–water partition coefficient (Wildman–Crippen LogP) is 3.57. The van der Waals surface area contributed by atoms with Crippen molar-refractivity contribution < 1.29 is 13.9 Å². The molecule has 0 aliphatic carbocycles. The van der Waals surface area contributed by atoms with Crippen molar-refractivity contribution in [1.29, 1.82) is 0 Å². The molecule has 0 spiro atoms. The van der Waals surface area contributed by atoms with Crippen LogP contribution in [0.3, 0.4) is 0 Å². The molecule has 0 heterocycles. The number of hydrogen-bond acceptors (Lipinski definition) is 3. The lowest BCUT2D eigenvalue weighted by atomic mass is 10.1. The molecule has 2 aromatic carbocycles. The first-order valence-electron chi connectivity index (χ1n) is 6.57. The summed E-state index contributed by atoms with van der Waals surface area (Å²) in [5, 5.41) is 0.477. The molecule has 3 nitrogen and oxygen atoms in total. The molecule has 2 rings (SSSR count). The Hall–Kier alpha value is -1.78. The smallest absolute Gasteiger partial charge is 0.123 e. The van der Waals surface area contributed by atoms with Crippen molar-refractivity contribution in [3.05, 3.63) is 58.4 Å². The molecule has 2 N–H and O–H groups in total. The zero-order chi connectivity index (χ0) is 15.2. The summed E-state index contributed by atoms with van der Waals surface area (Å²) in [7, 11) is 1.61. The maximum atomic E-state index is 13.2. The van der Waals surface area contributed by atoms with Crippen LogP contribution in [0.15, 0.2) is 36.4 Å². The minimum absolute atomic E-state index is 0.195. The van der Waals surface area contributed by atoms with Crippen LogP contribution in [0.2, 0.25) is 5.02 Å². The second-order valence-electron chi connectivity index (χ2n) is 4.54. The predicted molar refractivity (Wildman–Crippen MR) is 81.5 cm³/mol. The highest BCUT2D eigenvalue weighted by molar-refractivity contribution is 6.31. The van der Waals surface area contributed by atoms with E-state index in [9.17, 15) is 4.39 Å². The number of methoxy groups -OCH3 is 1. The molecule has 5 heteroatoms. The van der Waals surface area contributed by atoms with Gasteiger partial charge in [-0.2, -0.15) is 0 Å². The Morgan fingerprint density at radius 3 is 2.67 bits per heavy atom. The van der Waals surface area contributed by atoms with Crippen molar-refractivity contribution in [2.75, 3.05) is 13.7 Å². The van der Waals surface area contributed by atoms with Crippen molar-refractivity contribution in [1.82, 2.24) is 0 Å². The number of benzene rings is 2. The number of rotatable bonds is 6. The van der Waals surface area contributed by atoms with Crippen molar-refractivity contribution in [3.63, 3.8) is 0 Å². The largest absolute Gasteiger partial charge is 0.497 e. The minimum Gasteiger partial charge on any atom is -0.497 e. The fourth-order valence-electron chi connectivity index (χ4n) is 1.98. The summed E-state index contributed by atoms with van der Waals surface area (Å²) >= 11 is 6.02. The third kappa shape index (κ3) is 4.09. The van der Waals surface area contributed by atoms with Gasteiger partial charge in [-0.05, 0) is 54.9 Å². The molecular formula is C16H17ClFNO2. The molecule has 0 atom stereocenters. The molecule has 0 aliphatic heterocycles. The minimum atomic E-state index is -0.338. The van der Waals surface area contributed by atoms with Gasteiger partial charge in [0.2, 0.25) is 0 Å². The van der Waals surface area contributed by atoms with E-state index in [-0.39, 0.29) is 12.4 Å². The van der Waals surface area contributed by atoms with Crippen molar-refractivity contribution in [2.24, 2.45) is 5.73 Å². The van der Waals surface area contributed by atoms with Gasteiger partial charge in [-0.1, -0.05) is 11.6 Å². The summed E-state index contributed by atoms with van der Waals surface area (Å²) in [6, 6.07) is 9.72. The molecule has 21 heavy (non-hydrogen) atoms. The molecule has 0 saturated heterocycles. The van der Waals surface area contributed by atoms with Crippen LogP contribution in [0.4, 0.5) is 4.39 Å². The molecule has 2 aromatic rings. The monoisotopic (exact) mass is 309 g/mol. The molecule has 0 unspecified atom stereocenters. The SMILES string of the molecule is COc1ccc(OCc2cc(F)ccc2Cl)c(CCN)c1. The van der Waals surface area contributed by atoms with Gasteiger partial charge < -0.3 is 15.2 Å². The Bertz CT molecular complexity index is 619. The van der Waals surface area contributed by atoms with Gasteiger partial charge in [-0.15, -0.1) is 0 Å². The van der Waals surface area contributed by atoms with Crippen LogP contribution in [0.5, 0.6) is 11.5 Å². The Morgan fingerprint density at radius 1 is 1.14 bits per heavy atom. The van der Waals surface area contributed by atoms with Crippen molar-refractivity contribution >= 4 is 11.6 Å². The van der Waals surface area contributed by atoms with E-state index in [2.05, 4.69) is 0 Å². The topological polar surface area (TPSA) is 44.5 Å². The highest BCUT2D eigenvalue weighted by Crippen LogP contribution is 2.26. The first-order chi connectivity index (χ1) is 10.1. The van der Waals surface area contributed by atoms with Crippen LogP contribution < -0.4 is 15.2 Å². The maximum absolute atomic E-state index is 13.2. The fourth-order valence-corrected chi connectivity index (χ4v) is 2.16. The summed E-state index contributed by atoms with van der Waals surface area (Å²) < 4.78 is 24.2. The fraction of sp³-hybridized carbons (Fsp3) is 0.250.